The van der Waals surface area contributed by atoms with Crippen molar-refractivity contribution in [3.63, 3.8) is 0 Å². The van der Waals surface area contributed by atoms with Gasteiger partial charge in [-0.15, -0.1) is 0 Å². The van der Waals surface area contributed by atoms with Gasteiger partial charge in [-0.3, -0.25) is 4.79 Å². The highest BCUT2D eigenvalue weighted by Gasteiger charge is 2.31. The largest absolute Gasteiger partial charge is 0.488 e. The third kappa shape index (κ3) is 3.69. The summed E-state index contributed by atoms with van der Waals surface area (Å²) in [7, 11) is 0. The molecular formula is C27H26FN5O2. The van der Waals surface area contributed by atoms with Crippen LogP contribution in [0.1, 0.15) is 54.2 Å². The molecule has 6 rings (SSSR count). The van der Waals surface area contributed by atoms with Gasteiger partial charge in [0.05, 0.1) is 40.1 Å². The van der Waals surface area contributed by atoms with Crippen LogP contribution in [0.2, 0.25) is 0 Å². The first kappa shape index (κ1) is 21.6. The molecule has 1 aliphatic carbocycles. The van der Waals surface area contributed by atoms with Crippen LogP contribution in [0, 0.1) is 12.7 Å². The molecule has 4 aromatic rings. The average Bonchev–Trinajstić information content (AvgIpc) is 3.36. The summed E-state index contributed by atoms with van der Waals surface area (Å²) in [6.07, 6.45) is 9.67. The monoisotopic (exact) mass is 471 g/mol. The number of aromatic nitrogens is 4. The summed E-state index contributed by atoms with van der Waals surface area (Å²) in [6.45, 7) is 6.35. The first-order valence-electron chi connectivity index (χ1n) is 11.8. The molecule has 0 bridgehead atoms. The highest BCUT2D eigenvalue weighted by molar-refractivity contribution is 6.06. The second kappa shape index (κ2) is 7.80. The van der Waals surface area contributed by atoms with E-state index in [4.69, 9.17) is 4.74 Å². The van der Waals surface area contributed by atoms with E-state index in [9.17, 15) is 9.18 Å². The lowest BCUT2D eigenvalue weighted by Crippen LogP contribution is -2.32. The molecule has 8 heteroatoms. The fourth-order valence-corrected chi connectivity index (χ4v) is 4.64. The van der Waals surface area contributed by atoms with Crippen LogP contribution >= 0.6 is 0 Å². The van der Waals surface area contributed by atoms with Crippen LogP contribution in [-0.4, -0.2) is 31.6 Å². The lowest BCUT2D eigenvalue weighted by molar-refractivity contribution is 0.102. The number of aryl methyl sites for hydroxylation is 1. The Hall–Kier alpha value is -3.94. The van der Waals surface area contributed by atoms with Crippen molar-refractivity contribution in [1.82, 2.24) is 19.1 Å². The van der Waals surface area contributed by atoms with E-state index in [1.165, 1.54) is 6.07 Å². The number of hydrogen-bond acceptors (Lipinski definition) is 4. The maximum absolute atomic E-state index is 15.0. The van der Waals surface area contributed by atoms with Crippen molar-refractivity contribution >= 4 is 11.6 Å². The Morgan fingerprint density at radius 3 is 2.86 bits per heavy atom. The molecule has 1 amide bonds. The van der Waals surface area contributed by atoms with Crippen molar-refractivity contribution in [3.8, 4) is 22.8 Å². The number of amides is 1. The zero-order valence-corrected chi connectivity index (χ0v) is 19.9. The number of benzene rings is 2. The van der Waals surface area contributed by atoms with Crippen molar-refractivity contribution in [2.45, 2.75) is 45.1 Å². The molecule has 2 aliphatic rings. The molecule has 0 radical (unpaired) electrons. The van der Waals surface area contributed by atoms with Crippen molar-refractivity contribution in [1.29, 1.82) is 0 Å². The van der Waals surface area contributed by atoms with E-state index in [0.717, 1.165) is 41.2 Å². The van der Waals surface area contributed by atoms with Gasteiger partial charge < -0.3 is 19.2 Å². The quantitative estimate of drug-likeness (QED) is 0.430. The molecule has 0 atom stereocenters. The van der Waals surface area contributed by atoms with Gasteiger partial charge in [0.15, 0.2) is 5.75 Å². The van der Waals surface area contributed by atoms with E-state index in [1.807, 2.05) is 36.0 Å². The van der Waals surface area contributed by atoms with Crippen LogP contribution in [0.4, 0.5) is 10.1 Å². The molecule has 1 N–H and O–H groups in total. The van der Waals surface area contributed by atoms with E-state index in [1.54, 1.807) is 24.7 Å². The summed E-state index contributed by atoms with van der Waals surface area (Å²) in [4.78, 5) is 22.3. The van der Waals surface area contributed by atoms with Crippen LogP contribution in [0.5, 0.6) is 5.75 Å². The van der Waals surface area contributed by atoms with E-state index in [2.05, 4.69) is 33.7 Å². The topological polar surface area (TPSA) is 74.0 Å². The number of fused-ring (bicyclic) bond motifs is 3. The number of imidazole rings is 2. The Bertz CT molecular complexity index is 1460. The molecule has 1 saturated carbocycles. The Morgan fingerprint density at radius 2 is 2.06 bits per heavy atom. The van der Waals surface area contributed by atoms with Gasteiger partial charge >= 0.3 is 0 Å². The molecular weight excluding hydrogens is 445 g/mol. The summed E-state index contributed by atoms with van der Waals surface area (Å²) in [5.74, 6) is 0.666. The molecule has 1 fully saturated rings. The smallest absolute Gasteiger partial charge is 0.258 e. The summed E-state index contributed by atoms with van der Waals surface area (Å²) in [6, 6.07) is 8.47. The standard InChI is InChI=1S/C27H26FN5O2/c1-16-11-20(28)19(12-23(16)32-13-22(30-15-32)17-7-8-17)26(34)31-21-6-4-5-18-24(21)35-14-27(2,3)33-10-9-29-25(18)33/h4-6,9-13,15,17H,7-8,14H2,1-3H3,(H,31,34). The maximum atomic E-state index is 15.0. The minimum atomic E-state index is -0.578. The lowest BCUT2D eigenvalue weighted by atomic mass is 10.1. The normalized spacial score (nSPS) is 16.1. The van der Waals surface area contributed by atoms with Crippen molar-refractivity contribution in [3.05, 3.63) is 77.9 Å². The second-order valence-corrected chi connectivity index (χ2v) is 9.96. The fourth-order valence-electron chi connectivity index (χ4n) is 4.64. The van der Waals surface area contributed by atoms with Crippen LogP contribution in [0.3, 0.4) is 0 Å². The highest BCUT2D eigenvalue weighted by atomic mass is 19.1. The molecule has 0 unspecified atom stereocenters. The molecule has 0 spiro atoms. The minimum Gasteiger partial charge on any atom is -0.488 e. The molecule has 2 aromatic heterocycles. The third-order valence-corrected chi connectivity index (χ3v) is 6.77. The van der Waals surface area contributed by atoms with Gasteiger partial charge in [0.1, 0.15) is 18.2 Å². The molecule has 35 heavy (non-hydrogen) atoms. The van der Waals surface area contributed by atoms with Crippen LogP contribution < -0.4 is 10.1 Å². The number of para-hydroxylation sites is 1. The van der Waals surface area contributed by atoms with Crippen molar-refractivity contribution < 1.29 is 13.9 Å². The molecule has 1 aliphatic heterocycles. The summed E-state index contributed by atoms with van der Waals surface area (Å²) >= 11 is 0. The van der Waals surface area contributed by atoms with Crippen molar-refractivity contribution in [2.75, 3.05) is 11.9 Å². The number of carbonyl (C=O) groups is 1. The zero-order valence-electron chi connectivity index (χ0n) is 19.9. The van der Waals surface area contributed by atoms with Gasteiger partial charge in [0, 0.05) is 24.5 Å². The van der Waals surface area contributed by atoms with Gasteiger partial charge in [0.2, 0.25) is 0 Å². The van der Waals surface area contributed by atoms with Gasteiger partial charge in [-0.05, 0) is 63.4 Å². The van der Waals surface area contributed by atoms with E-state index in [-0.39, 0.29) is 11.1 Å². The summed E-state index contributed by atoms with van der Waals surface area (Å²) in [5, 5.41) is 2.87. The van der Waals surface area contributed by atoms with Crippen LogP contribution in [0.25, 0.3) is 17.1 Å². The first-order chi connectivity index (χ1) is 16.8. The minimum absolute atomic E-state index is 0.0414. The second-order valence-electron chi connectivity index (χ2n) is 9.96. The average molecular weight is 472 g/mol. The molecule has 3 heterocycles. The first-order valence-corrected chi connectivity index (χ1v) is 11.8. The summed E-state index contributed by atoms with van der Waals surface area (Å²) in [5.41, 5.74) is 3.36. The number of rotatable bonds is 4. The van der Waals surface area contributed by atoms with Crippen LogP contribution in [-0.2, 0) is 5.54 Å². The highest BCUT2D eigenvalue weighted by Crippen LogP contribution is 2.41. The fraction of sp³-hybridized carbons (Fsp3) is 0.296. The van der Waals surface area contributed by atoms with Gasteiger partial charge in [0.25, 0.3) is 5.91 Å². The number of halogens is 1. The number of ether oxygens (including phenoxy) is 1. The van der Waals surface area contributed by atoms with Gasteiger partial charge in [-0.25, -0.2) is 14.4 Å². The van der Waals surface area contributed by atoms with E-state index >= 15 is 0 Å². The van der Waals surface area contributed by atoms with E-state index in [0.29, 0.717) is 24.0 Å². The predicted octanol–water partition coefficient (Wildman–Crippen LogP) is 5.44. The Morgan fingerprint density at radius 1 is 1.23 bits per heavy atom. The van der Waals surface area contributed by atoms with Gasteiger partial charge in [-0.2, -0.15) is 0 Å². The number of anilines is 1. The molecule has 0 saturated heterocycles. The number of carbonyl (C=O) groups excluding carboxylic acids is 1. The SMILES string of the molecule is Cc1cc(F)c(C(=O)Nc2cccc3c2OCC(C)(C)n2ccnc2-3)cc1-n1cnc(C2CC2)c1. The Balaban J connectivity index is 1.35. The lowest BCUT2D eigenvalue weighted by Gasteiger charge is -2.25. The molecule has 7 nitrogen and oxygen atoms in total. The Kier molecular flexibility index (Phi) is 4.81. The van der Waals surface area contributed by atoms with Crippen molar-refractivity contribution in [2.24, 2.45) is 0 Å². The van der Waals surface area contributed by atoms with E-state index < -0.39 is 11.7 Å². The number of hydrogen-bond donors (Lipinski definition) is 1. The summed E-state index contributed by atoms with van der Waals surface area (Å²) < 4.78 is 25.1. The Labute approximate surface area is 202 Å². The molecule has 2 aromatic carbocycles. The van der Waals surface area contributed by atoms with Gasteiger partial charge in [-0.1, -0.05) is 6.07 Å². The predicted molar refractivity (Wildman–Crippen MR) is 131 cm³/mol. The zero-order chi connectivity index (χ0) is 24.3. The maximum Gasteiger partial charge on any atom is 0.258 e. The molecule has 178 valence electrons. The number of nitrogens with one attached hydrogen (secondary N) is 1. The third-order valence-electron chi connectivity index (χ3n) is 6.77. The van der Waals surface area contributed by atoms with Crippen LogP contribution in [0.15, 0.2) is 55.2 Å². The number of nitrogens with zero attached hydrogens (tertiary/aromatic N) is 4.